The van der Waals surface area contributed by atoms with Crippen molar-refractivity contribution in [1.29, 1.82) is 0 Å². The number of hydrogen-bond donors (Lipinski definition) is 1. The van der Waals surface area contributed by atoms with Crippen molar-refractivity contribution in [3.8, 4) is 0 Å². The number of hydrogen-bond acceptors (Lipinski definition) is 5. The van der Waals surface area contributed by atoms with E-state index in [0.29, 0.717) is 19.4 Å². The van der Waals surface area contributed by atoms with Crippen LogP contribution < -0.4 is 4.90 Å². The number of halogens is 1. The van der Waals surface area contributed by atoms with E-state index in [0.717, 1.165) is 12.3 Å². The Kier molecular flexibility index (Phi) is 3.09. The van der Waals surface area contributed by atoms with Crippen LogP contribution in [0, 0.1) is 15.9 Å². The first-order chi connectivity index (χ1) is 8.50. The van der Waals surface area contributed by atoms with Crippen molar-refractivity contribution in [2.24, 2.45) is 0 Å². The number of pyridine rings is 1. The lowest BCUT2D eigenvalue weighted by molar-refractivity contribution is -0.385. The van der Waals surface area contributed by atoms with Gasteiger partial charge in [0.2, 0.25) is 0 Å². The average Bonchev–Trinajstić information content (AvgIpc) is 2.77. The maximum Gasteiger partial charge on any atom is 0.326 e. The van der Waals surface area contributed by atoms with E-state index in [2.05, 4.69) is 4.98 Å². The molecule has 1 aliphatic heterocycles. The number of carbonyl (C=O) groups is 1. The van der Waals surface area contributed by atoms with Crippen LogP contribution >= 0.6 is 0 Å². The highest BCUT2D eigenvalue weighted by molar-refractivity contribution is 5.78. The van der Waals surface area contributed by atoms with Crippen molar-refractivity contribution in [2.45, 2.75) is 18.9 Å². The van der Waals surface area contributed by atoms with Gasteiger partial charge in [0.25, 0.3) is 5.69 Å². The zero-order valence-corrected chi connectivity index (χ0v) is 9.24. The monoisotopic (exact) mass is 255 g/mol. The van der Waals surface area contributed by atoms with Gasteiger partial charge >= 0.3 is 5.97 Å². The summed E-state index contributed by atoms with van der Waals surface area (Å²) in [6, 6.07) is -0.0759. The highest BCUT2D eigenvalue weighted by Gasteiger charge is 2.33. The van der Waals surface area contributed by atoms with Crippen LogP contribution in [-0.2, 0) is 4.79 Å². The molecule has 2 rings (SSSR count). The third-order valence-corrected chi connectivity index (χ3v) is 2.83. The molecule has 0 aliphatic carbocycles. The normalized spacial score (nSPS) is 18.9. The fourth-order valence-corrected chi connectivity index (χ4v) is 2.01. The predicted molar refractivity (Wildman–Crippen MR) is 58.9 cm³/mol. The van der Waals surface area contributed by atoms with Gasteiger partial charge in [-0.05, 0) is 12.8 Å². The van der Waals surface area contributed by atoms with E-state index < -0.39 is 28.4 Å². The van der Waals surface area contributed by atoms with Crippen LogP contribution in [0.5, 0.6) is 0 Å². The van der Waals surface area contributed by atoms with Crippen molar-refractivity contribution in [3.63, 3.8) is 0 Å². The lowest BCUT2D eigenvalue weighted by atomic mass is 10.2. The molecule has 8 heteroatoms. The quantitative estimate of drug-likeness (QED) is 0.643. The number of anilines is 1. The number of nitrogens with zero attached hydrogens (tertiary/aromatic N) is 3. The Morgan fingerprint density at radius 3 is 2.94 bits per heavy atom. The van der Waals surface area contributed by atoms with Crippen LogP contribution in [0.3, 0.4) is 0 Å². The lowest BCUT2D eigenvalue weighted by Crippen LogP contribution is -2.37. The molecule has 1 fully saturated rings. The number of carboxylic acid groups (broad SMARTS) is 1. The van der Waals surface area contributed by atoms with E-state index in [1.165, 1.54) is 4.90 Å². The molecule has 1 atom stereocenters. The maximum absolute atomic E-state index is 13.7. The molecule has 1 N–H and O–H groups in total. The van der Waals surface area contributed by atoms with Crippen LogP contribution in [0.2, 0.25) is 0 Å². The van der Waals surface area contributed by atoms with Gasteiger partial charge in [0.1, 0.15) is 12.2 Å². The second-order valence-corrected chi connectivity index (χ2v) is 3.95. The van der Waals surface area contributed by atoms with E-state index in [1.54, 1.807) is 0 Å². The van der Waals surface area contributed by atoms with Gasteiger partial charge in [-0.25, -0.2) is 14.2 Å². The smallest absolute Gasteiger partial charge is 0.326 e. The van der Waals surface area contributed by atoms with Gasteiger partial charge in [-0.1, -0.05) is 0 Å². The molecular weight excluding hydrogens is 245 g/mol. The molecule has 0 radical (unpaired) electrons. The maximum atomic E-state index is 13.7. The zero-order valence-electron chi connectivity index (χ0n) is 9.24. The summed E-state index contributed by atoms with van der Waals surface area (Å²) >= 11 is 0. The standard InChI is InChI=1S/C10H10FN3O4/c11-7-4-6(14(17)18)5-12-9(7)13-3-1-2-8(13)10(15)16/h4-5,8H,1-3H2,(H,15,16)/t8-/m1/s1. The summed E-state index contributed by atoms with van der Waals surface area (Å²) in [4.78, 5) is 25.7. The molecule has 7 nitrogen and oxygen atoms in total. The van der Waals surface area contributed by atoms with E-state index in [-0.39, 0.29) is 5.82 Å². The summed E-state index contributed by atoms with van der Waals surface area (Å²) in [6.45, 7) is 0.374. The molecule has 96 valence electrons. The van der Waals surface area contributed by atoms with Gasteiger partial charge < -0.3 is 10.0 Å². The molecule has 1 aromatic heterocycles. The highest BCUT2D eigenvalue weighted by atomic mass is 19.1. The molecule has 0 saturated carbocycles. The topological polar surface area (TPSA) is 96.6 Å². The van der Waals surface area contributed by atoms with Gasteiger partial charge in [0, 0.05) is 6.54 Å². The Bertz CT molecular complexity index is 508. The third kappa shape index (κ3) is 2.08. The van der Waals surface area contributed by atoms with Crippen molar-refractivity contribution < 1.29 is 19.2 Å². The predicted octanol–water partition coefficient (Wildman–Crippen LogP) is 1.18. The minimum atomic E-state index is -1.05. The van der Waals surface area contributed by atoms with Crippen molar-refractivity contribution in [2.75, 3.05) is 11.4 Å². The average molecular weight is 255 g/mol. The van der Waals surface area contributed by atoms with Gasteiger partial charge in [-0.3, -0.25) is 10.1 Å². The summed E-state index contributed by atoms with van der Waals surface area (Å²) < 4.78 is 13.7. The van der Waals surface area contributed by atoms with Gasteiger partial charge in [-0.15, -0.1) is 0 Å². The zero-order chi connectivity index (χ0) is 13.3. The van der Waals surface area contributed by atoms with Crippen LogP contribution in [0.15, 0.2) is 12.3 Å². The van der Waals surface area contributed by atoms with Gasteiger partial charge in [0.05, 0.1) is 11.0 Å². The number of aliphatic carboxylic acids is 1. The first kappa shape index (κ1) is 12.2. The molecule has 0 amide bonds. The molecule has 0 bridgehead atoms. The van der Waals surface area contributed by atoms with Crippen LogP contribution in [-0.4, -0.2) is 33.6 Å². The Hall–Kier alpha value is -2.25. The summed E-state index contributed by atoms with van der Waals surface area (Å²) in [6.07, 6.45) is 1.96. The molecule has 1 saturated heterocycles. The summed E-state index contributed by atoms with van der Waals surface area (Å²) in [5, 5.41) is 19.4. The fraction of sp³-hybridized carbons (Fsp3) is 0.400. The third-order valence-electron chi connectivity index (χ3n) is 2.83. The number of aromatic nitrogens is 1. The van der Waals surface area contributed by atoms with Crippen molar-refractivity contribution in [1.82, 2.24) is 4.98 Å². The molecule has 1 aromatic rings. The molecule has 2 heterocycles. The Labute approximate surface area is 101 Å². The fourth-order valence-electron chi connectivity index (χ4n) is 2.01. The van der Waals surface area contributed by atoms with Crippen LogP contribution in [0.25, 0.3) is 0 Å². The first-order valence-electron chi connectivity index (χ1n) is 5.30. The minimum absolute atomic E-state index is 0.148. The molecule has 1 aliphatic rings. The number of carboxylic acids is 1. The Morgan fingerprint density at radius 1 is 1.67 bits per heavy atom. The van der Waals surface area contributed by atoms with E-state index in [9.17, 15) is 19.3 Å². The summed E-state index contributed by atoms with van der Waals surface area (Å²) in [7, 11) is 0. The minimum Gasteiger partial charge on any atom is -0.480 e. The molecule has 18 heavy (non-hydrogen) atoms. The van der Waals surface area contributed by atoms with E-state index in [1.807, 2.05) is 0 Å². The number of nitro groups is 1. The molecular formula is C10H10FN3O4. The SMILES string of the molecule is O=C(O)[C@H]1CCCN1c1ncc([N+](=O)[O-])cc1F. The second-order valence-electron chi connectivity index (χ2n) is 3.95. The van der Waals surface area contributed by atoms with E-state index >= 15 is 0 Å². The summed E-state index contributed by atoms with van der Waals surface area (Å²) in [5.41, 5.74) is -0.456. The molecule has 0 unspecified atom stereocenters. The van der Waals surface area contributed by atoms with Gasteiger partial charge in [-0.2, -0.15) is 0 Å². The molecule has 0 aromatic carbocycles. The largest absolute Gasteiger partial charge is 0.480 e. The highest BCUT2D eigenvalue weighted by Crippen LogP contribution is 2.27. The summed E-state index contributed by atoms with van der Waals surface area (Å²) in [5.74, 6) is -2.07. The first-order valence-corrected chi connectivity index (χ1v) is 5.30. The number of rotatable bonds is 3. The van der Waals surface area contributed by atoms with E-state index in [4.69, 9.17) is 5.11 Å². The Morgan fingerprint density at radius 2 is 2.39 bits per heavy atom. The van der Waals surface area contributed by atoms with Crippen molar-refractivity contribution in [3.05, 3.63) is 28.2 Å². The van der Waals surface area contributed by atoms with Crippen LogP contribution in [0.4, 0.5) is 15.9 Å². The Balaban J connectivity index is 2.33. The molecule has 0 spiro atoms. The lowest BCUT2D eigenvalue weighted by Gasteiger charge is -2.22. The van der Waals surface area contributed by atoms with Crippen LogP contribution in [0.1, 0.15) is 12.8 Å². The van der Waals surface area contributed by atoms with Gasteiger partial charge in [0.15, 0.2) is 11.6 Å². The van der Waals surface area contributed by atoms with Crippen molar-refractivity contribution >= 4 is 17.5 Å². The second kappa shape index (κ2) is 4.55.